The van der Waals surface area contributed by atoms with Gasteiger partial charge in [0.2, 0.25) is 5.91 Å². The Morgan fingerprint density at radius 3 is 2.64 bits per heavy atom. The Morgan fingerprint density at radius 2 is 2.00 bits per heavy atom. The van der Waals surface area contributed by atoms with Gasteiger partial charge in [0.15, 0.2) is 5.60 Å². The zero-order valence-corrected chi connectivity index (χ0v) is 16.8. The first-order valence-electron chi connectivity index (χ1n) is 9.96. The Bertz CT molecular complexity index is 843. The van der Waals surface area contributed by atoms with E-state index in [1.54, 1.807) is 7.11 Å². The maximum Gasteiger partial charge on any atom is 0.223 e. The van der Waals surface area contributed by atoms with Crippen molar-refractivity contribution in [1.82, 2.24) is 10.3 Å². The van der Waals surface area contributed by atoms with Gasteiger partial charge in [-0.15, -0.1) is 0 Å². The predicted octanol–water partition coefficient (Wildman–Crippen LogP) is 2.97. The average molecular weight is 380 g/mol. The second kappa shape index (κ2) is 7.64. The standard InChI is InChI=1S/C23H28N2O3/c1-15-9-10-24-21(23(27-3)13-28-14-23)19(15)20-16(2)22(26)25-12-18(20)11-17-7-5-4-6-8-17/h4-10,16,18,20H,11-14H2,1-3H3,(H,25,26). The lowest BCUT2D eigenvalue weighted by Gasteiger charge is -2.44. The van der Waals surface area contributed by atoms with Gasteiger partial charge in [0.1, 0.15) is 0 Å². The molecule has 5 heteroatoms. The van der Waals surface area contributed by atoms with Crippen molar-refractivity contribution < 1.29 is 14.3 Å². The highest BCUT2D eigenvalue weighted by Gasteiger charge is 2.47. The first-order valence-corrected chi connectivity index (χ1v) is 9.96. The molecule has 1 N–H and O–H groups in total. The number of carbonyl (C=O) groups is 1. The van der Waals surface area contributed by atoms with E-state index < -0.39 is 5.60 Å². The van der Waals surface area contributed by atoms with E-state index in [1.807, 2.05) is 25.3 Å². The molecular weight excluding hydrogens is 352 g/mol. The number of aromatic nitrogens is 1. The van der Waals surface area contributed by atoms with Crippen LogP contribution in [0, 0.1) is 18.8 Å². The first kappa shape index (κ1) is 19.1. The van der Waals surface area contributed by atoms with Crippen LogP contribution in [0.25, 0.3) is 0 Å². The van der Waals surface area contributed by atoms with Gasteiger partial charge in [0.05, 0.1) is 18.9 Å². The molecule has 0 spiro atoms. The van der Waals surface area contributed by atoms with Crippen LogP contribution in [0.15, 0.2) is 42.6 Å². The Balaban J connectivity index is 1.78. The second-order valence-corrected chi connectivity index (χ2v) is 8.09. The van der Waals surface area contributed by atoms with Gasteiger partial charge >= 0.3 is 0 Å². The number of methoxy groups -OCH3 is 1. The number of hydrogen-bond acceptors (Lipinski definition) is 4. The second-order valence-electron chi connectivity index (χ2n) is 8.09. The molecule has 0 bridgehead atoms. The highest BCUT2D eigenvalue weighted by Crippen LogP contribution is 2.44. The van der Waals surface area contributed by atoms with Gasteiger partial charge in [0, 0.05) is 31.7 Å². The fourth-order valence-corrected chi connectivity index (χ4v) is 4.68. The molecule has 0 aliphatic carbocycles. The molecule has 2 aliphatic heterocycles. The zero-order chi connectivity index (χ0) is 19.7. The summed E-state index contributed by atoms with van der Waals surface area (Å²) in [6.45, 7) is 5.83. The topological polar surface area (TPSA) is 60.5 Å². The SMILES string of the molecule is COC1(c2nccc(C)c2C2C(Cc3ccccc3)CNC(=O)C2C)COC1. The number of hydrogen-bond donors (Lipinski definition) is 1. The molecule has 2 fully saturated rings. The van der Waals surface area contributed by atoms with Crippen LogP contribution in [0.3, 0.4) is 0 Å². The quantitative estimate of drug-likeness (QED) is 0.866. The molecule has 2 saturated heterocycles. The number of amides is 1. The van der Waals surface area contributed by atoms with E-state index in [4.69, 9.17) is 14.5 Å². The highest BCUT2D eigenvalue weighted by atomic mass is 16.6. The smallest absolute Gasteiger partial charge is 0.223 e. The molecule has 28 heavy (non-hydrogen) atoms. The summed E-state index contributed by atoms with van der Waals surface area (Å²) in [5, 5.41) is 3.11. The normalized spacial score (nSPS) is 26.4. The monoisotopic (exact) mass is 380 g/mol. The van der Waals surface area contributed by atoms with Gasteiger partial charge in [-0.25, -0.2) is 0 Å². The molecule has 5 nitrogen and oxygen atoms in total. The lowest BCUT2D eigenvalue weighted by Crippen LogP contribution is -2.51. The Hall–Kier alpha value is -2.24. The lowest BCUT2D eigenvalue weighted by molar-refractivity contribution is -0.205. The molecule has 1 amide bonds. The molecule has 3 unspecified atom stereocenters. The number of rotatable bonds is 5. The van der Waals surface area contributed by atoms with Crippen molar-refractivity contribution in [2.45, 2.75) is 31.8 Å². The van der Waals surface area contributed by atoms with Gasteiger partial charge in [-0.1, -0.05) is 37.3 Å². The molecular formula is C23H28N2O3. The third kappa shape index (κ3) is 3.23. The summed E-state index contributed by atoms with van der Waals surface area (Å²) in [5.74, 6) is 0.371. The number of piperidine rings is 1. The number of carbonyl (C=O) groups excluding carboxylic acids is 1. The van der Waals surface area contributed by atoms with E-state index in [1.165, 1.54) is 5.56 Å². The van der Waals surface area contributed by atoms with E-state index >= 15 is 0 Å². The molecule has 0 saturated carbocycles. The van der Waals surface area contributed by atoms with Crippen molar-refractivity contribution in [1.29, 1.82) is 0 Å². The fourth-order valence-electron chi connectivity index (χ4n) is 4.68. The third-order valence-electron chi connectivity index (χ3n) is 6.37. The molecule has 1 aromatic heterocycles. The molecule has 3 heterocycles. The number of nitrogens with one attached hydrogen (secondary N) is 1. The van der Waals surface area contributed by atoms with Crippen LogP contribution in [0.2, 0.25) is 0 Å². The summed E-state index contributed by atoms with van der Waals surface area (Å²) in [4.78, 5) is 17.4. The highest BCUT2D eigenvalue weighted by molar-refractivity contribution is 5.80. The maximum atomic E-state index is 12.6. The number of benzene rings is 1. The molecule has 148 valence electrons. The molecule has 0 radical (unpaired) electrons. The Labute approximate surface area is 166 Å². The Morgan fingerprint density at radius 1 is 1.25 bits per heavy atom. The molecule has 2 aliphatic rings. The van der Waals surface area contributed by atoms with Gasteiger partial charge in [0.25, 0.3) is 0 Å². The van der Waals surface area contributed by atoms with Crippen LogP contribution >= 0.6 is 0 Å². The van der Waals surface area contributed by atoms with Crippen LogP contribution < -0.4 is 5.32 Å². The van der Waals surface area contributed by atoms with Crippen molar-refractivity contribution in [3.63, 3.8) is 0 Å². The average Bonchev–Trinajstić information content (AvgIpc) is 2.67. The summed E-state index contributed by atoms with van der Waals surface area (Å²) in [6.07, 6.45) is 2.76. The van der Waals surface area contributed by atoms with Crippen molar-refractivity contribution in [3.05, 3.63) is 65.0 Å². The zero-order valence-electron chi connectivity index (χ0n) is 16.8. The van der Waals surface area contributed by atoms with E-state index in [9.17, 15) is 4.79 Å². The third-order valence-corrected chi connectivity index (χ3v) is 6.37. The van der Waals surface area contributed by atoms with E-state index in [2.05, 4.69) is 36.5 Å². The van der Waals surface area contributed by atoms with Crippen LogP contribution in [-0.2, 0) is 26.3 Å². The number of aryl methyl sites for hydroxylation is 1. The van der Waals surface area contributed by atoms with E-state index in [-0.39, 0.29) is 17.7 Å². The minimum Gasteiger partial charge on any atom is -0.374 e. The lowest BCUT2D eigenvalue weighted by atomic mass is 9.69. The van der Waals surface area contributed by atoms with Crippen molar-refractivity contribution in [3.8, 4) is 0 Å². The minimum absolute atomic E-state index is 0.0882. The van der Waals surface area contributed by atoms with Crippen molar-refractivity contribution in [2.24, 2.45) is 11.8 Å². The summed E-state index contributed by atoms with van der Waals surface area (Å²) in [5.41, 5.74) is 4.05. The summed E-state index contributed by atoms with van der Waals surface area (Å²) in [6, 6.07) is 12.5. The summed E-state index contributed by atoms with van der Waals surface area (Å²) in [7, 11) is 1.72. The molecule has 4 rings (SSSR count). The van der Waals surface area contributed by atoms with E-state index in [0.29, 0.717) is 25.7 Å². The van der Waals surface area contributed by atoms with E-state index in [0.717, 1.165) is 23.2 Å². The van der Waals surface area contributed by atoms with Gasteiger partial charge in [-0.05, 0) is 42.0 Å². The van der Waals surface area contributed by atoms with Crippen LogP contribution in [-0.4, -0.2) is 37.8 Å². The fraction of sp³-hybridized carbons (Fsp3) is 0.478. The van der Waals surface area contributed by atoms with Gasteiger partial charge < -0.3 is 14.8 Å². The largest absolute Gasteiger partial charge is 0.374 e. The first-order chi connectivity index (χ1) is 13.6. The van der Waals surface area contributed by atoms with Crippen LogP contribution in [0.1, 0.15) is 35.2 Å². The van der Waals surface area contributed by atoms with Crippen molar-refractivity contribution >= 4 is 5.91 Å². The van der Waals surface area contributed by atoms with Gasteiger partial charge in [-0.3, -0.25) is 9.78 Å². The predicted molar refractivity (Wildman–Crippen MR) is 107 cm³/mol. The van der Waals surface area contributed by atoms with Crippen LogP contribution in [0.5, 0.6) is 0 Å². The number of pyridine rings is 1. The molecule has 3 atom stereocenters. The molecule has 1 aromatic carbocycles. The molecule has 2 aromatic rings. The summed E-state index contributed by atoms with van der Waals surface area (Å²) >= 11 is 0. The van der Waals surface area contributed by atoms with Crippen molar-refractivity contribution in [2.75, 3.05) is 26.9 Å². The number of ether oxygens (including phenoxy) is 2. The number of nitrogens with zero attached hydrogens (tertiary/aromatic N) is 1. The Kier molecular flexibility index (Phi) is 5.21. The maximum absolute atomic E-state index is 12.6. The van der Waals surface area contributed by atoms with Gasteiger partial charge in [-0.2, -0.15) is 0 Å². The van der Waals surface area contributed by atoms with Crippen LogP contribution in [0.4, 0.5) is 0 Å². The summed E-state index contributed by atoms with van der Waals surface area (Å²) < 4.78 is 11.4. The minimum atomic E-state index is -0.508.